The number of pyridine rings is 1. The molecule has 1 amide bonds. The molecule has 3 N–H and O–H groups in total. The number of amides is 1. The van der Waals surface area contributed by atoms with Gasteiger partial charge in [0.2, 0.25) is 0 Å². The van der Waals surface area contributed by atoms with Crippen LogP contribution >= 0.6 is 11.6 Å². The van der Waals surface area contributed by atoms with E-state index in [1.165, 1.54) is 19.3 Å². The van der Waals surface area contributed by atoms with Crippen LogP contribution in [0.3, 0.4) is 0 Å². The molecule has 6 heteroatoms. The summed E-state index contributed by atoms with van der Waals surface area (Å²) in [6.45, 7) is 0.847. The molecular weight excluding hydrogens is 276 g/mol. The van der Waals surface area contributed by atoms with Crippen molar-refractivity contribution in [1.82, 2.24) is 9.88 Å². The van der Waals surface area contributed by atoms with Crippen molar-refractivity contribution >= 4 is 23.3 Å². The van der Waals surface area contributed by atoms with Gasteiger partial charge in [-0.3, -0.25) is 4.79 Å². The summed E-state index contributed by atoms with van der Waals surface area (Å²) in [5, 5.41) is 0.281. The predicted molar refractivity (Wildman–Crippen MR) is 78.5 cm³/mol. The molecule has 0 aromatic carbocycles. The Morgan fingerprint density at radius 3 is 2.95 bits per heavy atom. The summed E-state index contributed by atoms with van der Waals surface area (Å²) in [6.07, 6.45) is 6.01. The van der Waals surface area contributed by atoms with Crippen molar-refractivity contribution in [2.24, 2.45) is 11.8 Å². The van der Waals surface area contributed by atoms with Crippen LogP contribution in [0, 0.1) is 5.92 Å². The van der Waals surface area contributed by atoms with E-state index in [1.807, 2.05) is 4.90 Å². The summed E-state index contributed by atoms with van der Waals surface area (Å²) in [6, 6.07) is 3.67. The van der Waals surface area contributed by atoms with E-state index in [1.54, 1.807) is 12.1 Å². The van der Waals surface area contributed by atoms with Crippen LogP contribution in [-0.4, -0.2) is 28.4 Å². The topological polar surface area (TPSA) is 71.2 Å². The molecule has 20 heavy (non-hydrogen) atoms. The molecular formula is C14H19ClN4O. The highest BCUT2D eigenvalue weighted by molar-refractivity contribution is 6.29. The summed E-state index contributed by atoms with van der Waals surface area (Å²) in [4.78, 5) is 18.7. The molecule has 1 saturated heterocycles. The Morgan fingerprint density at radius 2 is 2.15 bits per heavy atom. The van der Waals surface area contributed by atoms with Gasteiger partial charge in [0, 0.05) is 18.2 Å². The van der Waals surface area contributed by atoms with Crippen molar-refractivity contribution in [2.45, 2.75) is 38.1 Å². The van der Waals surface area contributed by atoms with Crippen molar-refractivity contribution in [3.8, 4) is 0 Å². The standard InChI is InChI=1S/C14H19ClN4O/c15-12-7-10(8-13(17-12)18-16)14(20)19-6-5-9-3-1-2-4-11(9)19/h7-9,11H,1-6,16H2,(H,17,18). The van der Waals surface area contributed by atoms with E-state index in [0.29, 0.717) is 23.3 Å². The van der Waals surface area contributed by atoms with Gasteiger partial charge in [-0.05, 0) is 37.3 Å². The molecule has 2 fully saturated rings. The Hall–Kier alpha value is -1.33. The van der Waals surface area contributed by atoms with Crippen molar-refractivity contribution in [3.63, 3.8) is 0 Å². The number of carbonyl (C=O) groups excluding carboxylic acids is 1. The summed E-state index contributed by atoms with van der Waals surface area (Å²) in [7, 11) is 0. The van der Waals surface area contributed by atoms with Gasteiger partial charge in [-0.25, -0.2) is 10.8 Å². The third kappa shape index (κ3) is 2.47. The minimum absolute atomic E-state index is 0.0419. The highest BCUT2D eigenvalue weighted by Gasteiger charge is 2.38. The first-order valence-corrected chi connectivity index (χ1v) is 7.52. The average molecular weight is 295 g/mol. The Kier molecular flexibility index (Phi) is 3.81. The number of carbonyl (C=O) groups is 1. The van der Waals surface area contributed by atoms with Gasteiger partial charge in [-0.15, -0.1) is 0 Å². The highest BCUT2D eigenvalue weighted by atomic mass is 35.5. The molecule has 3 rings (SSSR count). The van der Waals surface area contributed by atoms with Crippen molar-refractivity contribution in [2.75, 3.05) is 12.0 Å². The Balaban J connectivity index is 1.83. The molecule has 0 spiro atoms. The number of nitrogens with two attached hydrogens (primary N) is 1. The zero-order valence-corrected chi connectivity index (χ0v) is 12.1. The van der Waals surface area contributed by atoms with Gasteiger partial charge in [0.1, 0.15) is 11.0 Å². The Morgan fingerprint density at radius 1 is 1.35 bits per heavy atom. The quantitative estimate of drug-likeness (QED) is 0.499. The van der Waals surface area contributed by atoms with Crippen LogP contribution in [0.1, 0.15) is 42.5 Å². The predicted octanol–water partition coefficient (Wildman–Crippen LogP) is 2.43. The zero-order valence-electron chi connectivity index (χ0n) is 11.3. The summed E-state index contributed by atoms with van der Waals surface area (Å²) < 4.78 is 0. The van der Waals surface area contributed by atoms with E-state index in [2.05, 4.69) is 10.4 Å². The number of nitrogen functional groups attached to an aromatic ring is 1. The molecule has 2 unspecified atom stereocenters. The van der Waals surface area contributed by atoms with Crippen LogP contribution in [0.15, 0.2) is 12.1 Å². The monoisotopic (exact) mass is 294 g/mol. The molecule has 0 bridgehead atoms. The summed E-state index contributed by atoms with van der Waals surface area (Å²) in [5.74, 6) is 6.49. The van der Waals surface area contributed by atoms with Gasteiger partial charge in [-0.1, -0.05) is 24.4 Å². The molecule has 1 saturated carbocycles. The second-order valence-electron chi connectivity index (χ2n) is 5.61. The maximum absolute atomic E-state index is 12.7. The van der Waals surface area contributed by atoms with E-state index < -0.39 is 0 Å². The number of nitrogens with zero attached hydrogens (tertiary/aromatic N) is 2. The third-order valence-corrected chi connectivity index (χ3v) is 4.65. The Bertz CT molecular complexity index is 522. The van der Waals surface area contributed by atoms with Gasteiger partial charge in [-0.2, -0.15) is 0 Å². The number of anilines is 1. The fraction of sp³-hybridized carbons (Fsp3) is 0.571. The maximum Gasteiger partial charge on any atom is 0.254 e. The lowest BCUT2D eigenvalue weighted by Gasteiger charge is -2.31. The second kappa shape index (κ2) is 5.58. The fourth-order valence-electron chi connectivity index (χ4n) is 3.52. The van der Waals surface area contributed by atoms with Crippen LogP contribution in [0.5, 0.6) is 0 Å². The average Bonchev–Trinajstić information content (AvgIpc) is 2.89. The SMILES string of the molecule is NNc1cc(C(=O)N2CCC3CCCCC32)cc(Cl)n1. The number of hydrogen-bond donors (Lipinski definition) is 2. The second-order valence-corrected chi connectivity index (χ2v) is 5.99. The number of rotatable bonds is 2. The molecule has 1 aromatic heterocycles. The lowest BCUT2D eigenvalue weighted by atomic mass is 9.85. The Labute approximate surface area is 123 Å². The van der Waals surface area contributed by atoms with E-state index in [0.717, 1.165) is 19.4 Å². The normalized spacial score (nSPS) is 25.4. The minimum Gasteiger partial charge on any atom is -0.335 e. The number of aromatic nitrogens is 1. The molecule has 2 atom stereocenters. The number of nitrogens with one attached hydrogen (secondary N) is 1. The van der Waals surface area contributed by atoms with Crippen LogP contribution in [0.25, 0.3) is 0 Å². The van der Waals surface area contributed by atoms with Crippen molar-refractivity contribution in [3.05, 3.63) is 22.8 Å². The minimum atomic E-state index is 0.0419. The van der Waals surface area contributed by atoms with Crippen LogP contribution in [-0.2, 0) is 0 Å². The van der Waals surface area contributed by atoms with Gasteiger partial charge in [0.25, 0.3) is 5.91 Å². The largest absolute Gasteiger partial charge is 0.335 e. The van der Waals surface area contributed by atoms with Crippen LogP contribution in [0.2, 0.25) is 5.15 Å². The lowest BCUT2D eigenvalue weighted by Crippen LogP contribution is -2.39. The van der Waals surface area contributed by atoms with Gasteiger partial charge < -0.3 is 10.3 Å². The van der Waals surface area contributed by atoms with Gasteiger partial charge >= 0.3 is 0 Å². The lowest BCUT2D eigenvalue weighted by molar-refractivity contribution is 0.0690. The molecule has 5 nitrogen and oxygen atoms in total. The first kappa shape index (κ1) is 13.6. The van der Waals surface area contributed by atoms with E-state index in [4.69, 9.17) is 17.4 Å². The number of hydrogen-bond acceptors (Lipinski definition) is 4. The molecule has 1 aliphatic heterocycles. The third-order valence-electron chi connectivity index (χ3n) is 4.46. The van der Waals surface area contributed by atoms with Crippen molar-refractivity contribution < 1.29 is 4.79 Å². The molecule has 0 radical (unpaired) electrons. The molecule has 1 aliphatic carbocycles. The maximum atomic E-state index is 12.7. The first-order valence-electron chi connectivity index (χ1n) is 7.14. The zero-order chi connectivity index (χ0) is 14.1. The number of hydrazine groups is 1. The molecule has 2 aliphatic rings. The molecule has 108 valence electrons. The van der Waals surface area contributed by atoms with E-state index >= 15 is 0 Å². The summed E-state index contributed by atoms with van der Waals surface area (Å²) >= 11 is 5.94. The number of fused-ring (bicyclic) bond motifs is 1. The van der Waals surface area contributed by atoms with Gasteiger partial charge in [0.05, 0.1) is 0 Å². The molecule has 2 heterocycles. The number of halogens is 1. The van der Waals surface area contributed by atoms with Crippen molar-refractivity contribution in [1.29, 1.82) is 0 Å². The highest BCUT2D eigenvalue weighted by Crippen LogP contribution is 2.37. The van der Waals surface area contributed by atoms with E-state index in [9.17, 15) is 4.79 Å². The van der Waals surface area contributed by atoms with Crippen LogP contribution < -0.4 is 11.3 Å². The molecule has 1 aromatic rings. The summed E-state index contributed by atoms with van der Waals surface area (Å²) in [5.41, 5.74) is 3.00. The van der Waals surface area contributed by atoms with Crippen LogP contribution in [0.4, 0.5) is 5.82 Å². The fourth-order valence-corrected chi connectivity index (χ4v) is 3.73. The number of likely N-dealkylation sites (tertiary alicyclic amines) is 1. The van der Waals surface area contributed by atoms with Gasteiger partial charge in [0.15, 0.2) is 0 Å². The smallest absolute Gasteiger partial charge is 0.254 e. The van der Waals surface area contributed by atoms with E-state index in [-0.39, 0.29) is 11.1 Å². The first-order chi connectivity index (χ1) is 9.69.